The van der Waals surface area contributed by atoms with E-state index in [-0.39, 0.29) is 25.7 Å². The highest BCUT2D eigenvalue weighted by Gasteiger charge is 2.30. The van der Waals surface area contributed by atoms with Gasteiger partial charge >= 0.3 is 39.5 Å². The quantitative estimate of drug-likeness (QED) is 0.0169. The molecule has 0 bridgehead atoms. The van der Waals surface area contributed by atoms with E-state index in [1.165, 1.54) is 109 Å². The van der Waals surface area contributed by atoms with Crippen molar-refractivity contribution in [2.24, 2.45) is 0 Å². The predicted molar refractivity (Wildman–Crippen MR) is 409 cm³/mol. The lowest BCUT2D eigenvalue weighted by atomic mass is 10.0. The van der Waals surface area contributed by atoms with E-state index in [9.17, 15) is 43.2 Å². The first-order chi connectivity index (χ1) is 48.7. The number of phosphoric acid groups is 2. The van der Waals surface area contributed by atoms with Gasteiger partial charge in [0.25, 0.3) is 0 Å². The Morgan fingerprint density at radius 3 is 0.800 bits per heavy atom. The van der Waals surface area contributed by atoms with Gasteiger partial charge in [-0.15, -0.1) is 0 Å². The van der Waals surface area contributed by atoms with Crippen molar-refractivity contribution in [3.8, 4) is 0 Å². The Labute approximate surface area is 608 Å². The van der Waals surface area contributed by atoms with Crippen molar-refractivity contribution in [2.45, 2.75) is 367 Å². The summed E-state index contributed by atoms with van der Waals surface area (Å²) in [5.41, 5.74) is 0. The van der Waals surface area contributed by atoms with E-state index in [2.05, 4.69) is 113 Å². The van der Waals surface area contributed by atoms with Crippen LogP contribution < -0.4 is 0 Å². The second-order valence-electron chi connectivity index (χ2n) is 26.6. The van der Waals surface area contributed by atoms with Crippen molar-refractivity contribution in [3.05, 3.63) is 85.1 Å². The Balaban J connectivity index is 5.33. The van der Waals surface area contributed by atoms with Crippen molar-refractivity contribution in [3.63, 3.8) is 0 Å². The van der Waals surface area contributed by atoms with E-state index in [4.69, 9.17) is 37.0 Å². The Morgan fingerprint density at radius 2 is 0.520 bits per heavy atom. The second-order valence-corrected chi connectivity index (χ2v) is 29.5. The van der Waals surface area contributed by atoms with Crippen LogP contribution in [0.4, 0.5) is 0 Å². The molecule has 0 rings (SSSR count). The van der Waals surface area contributed by atoms with Gasteiger partial charge in [0.2, 0.25) is 0 Å². The summed E-state index contributed by atoms with van der Waals surface area (Å²) in [6, 6.07) is 0. The van der Waals surface area contributed by atoms with Gasteiger partial charge in [-0.05, 0) is 96.3 Å². The lowest BCUT2D eigenvalue weighted by Crippen LogP contribution is -2.30. The van der Waals surface area contributed by atoms with E-state index in [0.717, 1.165) is 161 Å². The summed E-state index contributed by atoms with van der Waals surface area (Å²) in [5, 5.41) is 10.6. The Hall–Kier alpha value is -3.76. The third kappa shape index (κ3) is 72.6. The predicted octanol–water partition coefficient (Wildman–Crippen LogP) is 23.0. The van der Waals surface area contributed by atoms with Crippen LogP contribution in [0.1, 0.15) is 349 Å². The molecular formula is C81H144O17P2. The van der Waals surface area contributed by atoms with Crippen LogP contribution in [0.5, 0.6) is 0 Å². The zero-order valence-electron chi connectivity index (χ0n) is 63.4. The van der Waals surface area contributed by atoms with Gasteiger partial charge in [0.1, 0.15) is 19.3 Å². The summed E-state index contributed by atoms with van der Waals surface area (Å²) in [5.74, 6) is -2.18. The average Bonchev–Trinajstić information content (AvgIpc) is 1.00. The molecule has 3 N–H and O–H groups in total. The molecule has 0 aliphatic heterocycles. The largest absolute Gasteiger partial charge is 0.472 e. The van der Waals surface area contributed by atoms with Crippen molar-refractivity contribution in [1.29, 1.82) is 0 Å². The summed E-state index contributed by atoms with van der Waals surface area (Å²) >= 11 is 0. The van der Waals surface area contributed by atoms with Gasteiger partial charge in [0.15, 0.2) is 12.2 Å². The number of phosphoric ester groups is 2. The molecule has 0 heterocycles. The number of carbonyl (C=O) groups excluding carboxylic acids is 4. The maximum Gasteiger partial charge on any atom is 0.472 e. The Bertz CT molecular complexity index is 2230. The van der Waals surface area contributed by atoms with Crippen molar-refractivity contribution >= 4 is 39.5 Å². The molecule has 0 amide bonds. The number of aliphatic hydroxyl groups excluding tert-OH is 1. The van der Waals surface area contributed by atoms with E-state index >= 15 is 0 Å². The molecule has 5 atom stereocenters. The fourth-order valence-electron chi connectivity index (χ4n) is 10.9. The number of ether oxygens (including phenoxy) is 4. The monoisotopic (exact) mass is 1450 g/mol. The number of carbonyl (C=O) groups is 4. The lowest BCUT2D eigenvalue weighted by molar-refractivity contribution is -0.161. The van der Waals surface area contributed by atoms with Gasteiger partial charge in [0.05, 0.1) is 26.4 Å². The zero-order valence-corrected chi connectivity index (χ0v) is 65.2. The Kier molecular flexibility index (Phi) is 70.8. The molecule has 19 heteroatoms. The number of hydrogen-bond donors (Lipinski definition) is 3. The van der Waals surface area contributed by atoms with Crippen LogP contribution in [0, 0.1) is 0 Å². The van der Waals surface area contributed by atoms with Crippen LogP contribution in [0.3, 0.4) is 0 Å². The highest BCUT2D eigenvalue weighted by atomic mass is 31.2. The SMILES string of the molecule is CC/C=C\C/C=C\C/C=C\C/C=C\CCCCCCC(=O)OCC(COP(=O)(O)OCC(O)COP(=O)(O)OCC(COC(=O)CCCCCCCCCCCCCCCCC)OC(=O)CCCCCCCCCCCCC)OC(=O)CCCCCCCCC/C=C\C/C=C\C/C=C\CC. The summed E-state index contributed by atoms with van der Waals surface area (Å²) in [7, 11) is -9.95. The maximum absolute atomic E-state index is 13.1. The molecule has 0 aromatic heterocycles. The van der Waals surface area contributed by atoms with Gasteiger partial charge in [-0.1, -0.05) is 312 Å². The zero-order chi connectivity index (χ0) is 73.2. The first-order valence-electron chi connectivity index (χ1n) is 39.8. The minimum absolute atomic E-state index is 0.0791. The van der Waals surface area contributed by atoms with E-state index < -0.39 is 97.5 Å². The second kappa shape index (κ2) is 73.5. The molecule has 0 spiro atoms. The van der Waals surface area contributed by atoms with Gasteiger partial charge < -0.3 is 33.8 Å². The number of unbranched alkanes of at least 4 members (excludes halogenated alkanes) is 35. The van der Waals surface area contributed by atoms with Crippen molar-refractivity contribution in [2.75, 3.05) is 39.6 Å². The molecule has 100 heavy (non-hydrogen) atoms. The van der Waals surface area contributed by atoms with Gasteiger partial charge in [-0.3, -0.25) is 37.3 Å². The molecule has 0 saturated carbocycles. The number of rotatable bonds is 75. The van der Waals surface area contributed by atoms with Crippen LogP contribution in [0.2, 0.25) is 0 Å². The smallest absolute Gasteiger partial charge is 0.462 e. The molecule has 0 aliphatic carbocycles. The molecular weight excluding hydrogens is 1310 g/mol. The van der Waals surface area contributed by atoms with E-state index in [1.54, 1.807) is 0 Å². The number of hydrogen-bond acceptors (Lipinski definition) is 15. The molecule has 580 valence electrons. The van der Waals surface area contributed by atoms with Gasteiger partial charge in [-0.25, -0.2) is 9.13 Å². The fourth-order valence-corrected chi connectivity index (χ4v) is 12.5. The fraction of sp³-hybridized carbons (Fsp3) is 0.778. The molecule has 0 aliphatic rings. The summed E-state index contributed by atoms with van der Waals surface area (Å²) < 4.78 is 68.6. The first kappa shape index (κ1) is 96.2. The average molecular weight is 1450 g/mol. The van der Waals surface area contributed by atoms with Gasteiger partial charge in [0, 0.05) is 25.7 Å². The molecule has 17 nitrogen and oxygen atoms in total. The molecule has 5 unspecified atom stereocenters. The topological polar surface area (TPSA) is 237 Å². The maximum atomic E-state index is 13.1. The van der Waals surface area contributed by atoms with E-state index in [1.807, 2.05) is 0 Å². The molecule has 0 saturated heterocycles. The lowest BCUT2D eigenvalue weighted by Gasteiger charge is -2.21. The number of aliphatic hydroxyl groups is 1. The molecule has 0 aromatic carbocycles. The normalized spacial score (nSPS) is 14.3. The van der Waals surface area contributed by atoms with Crippen molar-refractivity contribution in [1.82, 2.24) is 0 Å². The molecule has 0 radical (unpaired) electrons. The van der Waals surface area contributed by atoms with Crippen LogP contribution in [0.15, 0.2) is 85.1 Å². The van der Waals surface area contributed by atoms with Crippen LogP contribution in [-0.4, -0.2) is 96.7 Å². The number of allylic oxidation sites excluding steroid dienone is 14. The summed E-state index contributed by atoms with van der Waals surface area (Å²) in [6.45, 7) is 4.66. The Morgan fingerprint density at radius 1 is 0.290 bits per heavy atom. The molecule has 0 aromatic rings. The van der Waals surface area contributed by atoms with Crippen LogP contribution in [-0.2, 0) is 65.4 Å². The minimum atomic E-state index is -4.98. The van der Waals surface area contributed by atoms with E-state index in [0.29, 0.717) is 25.7 Å². The third-order valence-electron chi connectivity index (χ3n) is 16.9. The third-order valence-corrected chi connectivity index (χ3v) is 18.8. The minimum Gasteiger partial charge on any atom is -0.462 e. The number of esters is 4. The highest BCUT2D eigenvalue weighted by molar-refractivity contribution is 7.47. The molecule has 0 fully saturated rings. The summed E-state index contributed by atoms with van der Waals surface area (Å²) in [4.78, 5) is 72.9. The van der Waals surface area contributed by atoms with Crippen LogP contribution >= 0.6 is 15.6 Å². The van der Waals surface area contributed by atoms with Crippen LogP contribution in [0.25, 0.3) is 0 Å². The van der Waals surface area contributed by atoms with Gasteiger partial charge in [-0.2, -0.15) is 0 Å². The highest BCUT2D eigenvalue weighted by Crippen LogP contribution is 2.45. The standard InChI is InChI=1S/C81H144O17P2/c1-5-9-13-17-21-25-29-32-35-37-40-43-47-50-54-58-62-66-79(84)92-72-77(98-81(86)68-64-60-56-52-48-44-41-38-36-33-30-26-22-18-14-10-6-2)74-96-100(89,90)94-70-75(82)69-93-99(87,88)95-73-76(97-80(85)67-63-59-55-51-45-28-24-20-16-12-8-4)71-91-78(83)65-61-57-53-49-46-42-39-34-31-27-23-19-15-11-7-3/h9-10,13-14,21-22,25-26,32-33,35-36,40,43,75-77,82H,5-8,11-12,15-20,23-24,27-31,34,37-39,41-42,44-74H2,1-4H3,(H,87,88)(H,89,90)/b13-9-,14-10-,25-21-,26-22-,35-32-,36-33-,43-40-. The van der Waals surface area contributed by atoms with Crippen molar-refractivity contribution < 1.29 is 80.2 Å². The first-order valence-corrected chi connectivity index (χ1v) is 42.8. The summed E-state index contributed by atoms with van der Waals surface area (Å²) in [6.07, 6.45) is 75.6.